The van der Waals surface area contributed by atoms with E-state index in [1.165, 1.54) is 0 Å². The minimum atomic E-state index is -1.09. The fourth-order valence-electron chi connectivity index (χ4n) is 1.09. The molecule has 72 valence electrons. The van der Waals surface area contributed by atoms with E-state index in [0.29, 0.717) is 0 Å². The predicted octanol–water partition coefficient (Wildman–Crippen LogP) is -1.54. The second-order valence-electron chi connectivity index (χ2n) is 2.86. The SMILES string of the molecule is CC1OCOC(CO)C(O)C1O. The summed E-state index contributed by atoms with van der Waals surface area (Å²) in [5, 5.41) is 27.5. The number of hydrogen-bond acceptors (Lipinski definition) is 5. The molecule has 1 saturated heterocycles. The summed E-state index contributed by atoms with van der Waals surface area (Å²) in [6.07, 6.45) is -3.33. The zero-order valence-corrected chi connectivity index (χ0v) is 6.88. The lowest BCUT2D eigenvalue weighted by molar-refractivity contribution is -0.114. The molecule has 1 aliphatic rings. The largest absolute Gasteiger partial charge is 0.394 e. The number of hydrogen-bond donors (Lipinski definition) is 3. The van der Waals surface area contributed by atoms with Gasteiger partial charge in [-0.05, 0) is 6.92 Å². The quantitative estimate of drug-likeness (QED) is 0.453. The van der Waals surface area contributed by atoms with E-state index in [9.17, 15) is 10.2 Å². The highest BCUT2D eigenvalue weighted by Gasteiger charge is 2.33. The van der Waals surface area contributed by atoms with Crippen molar-refractivity contribution in [3.8, 4) is 0 Å². The summed E-state index contributed by atoms with van der Waals surface area (Å²) in [5.74, 6) is 0. The van der Waals surface area contributed by atoms with Crippen LogP contribution >= 0.6 is 0 Å². The van der Waals surface area contributed by atoms with Crippen molar-refractivity contribution in [2.45, 2.75) is 31.3 Å². The summed E-state index contributed by atoms with van der Waals surface area (Å²) in [6.45, 7) is 1.30. The van der Waals surface area contributed by atoms with Crippen molar-refractivity contribution >= 4 is 0 Å². The van der Waals surface area contributed by atoms with Crippen LogP contribution in [0.25, 0.3) is 0 Å². The average Bonchev–Trinajstić information content (AvgIpc) is 2.19. The number of ether oxygens (including phenoxy) is 2. The molecule has 0 aromatic carbocycles. The van der Waals surface area contributed by atoms with Crippen LogP contribution in [-0.2, 0) is 9.47 Å². The Morgan fingerprint density at radius 1 is 1.25 bits per heavy atom. The highest BCUT2D eigenvalue weighted by molar-refractivity contribution is 4.81. The van der Waals surface area contributed by atoms with Gasteiger partial charge in [0, 0.05) is 0 Å². The summed E-state index contributed by atoms with van der Waals surface area (Å²) < 4.78 is 9.90. The van der Waals surface area contributed by atoms with Crippen LogP contribution in [0.1, 0.15) is 6.92 Å². The summed E-state index contributed by atoms with van der Waals surface area (Å²) in [7, 11) is 0. The van der Waals surface area contributed by atoms with E-state index >= 15 is 0 Å². The Kier molecular flexibility index (Phi) is 3.42. The molecule has 0 bridgehead atoms. The van der Waals surface area contributed by atoms with Gasteiger partial charge in [0.15, 0.2) is 0 Å². The Morgan fingerprint density at radius 3 is 2.50 bits per heavy atom. The second-order valence-corrected chi connectivity index (χ2v) is 2.86. The molecule has 0 saturated carbocycles. The summed E-state index contributed by atoms with van der Waals surface area (Å²) in [4.78, 5) is 0. The molecule has 12 heavy (non-hydrogen) atoms. The van der Waals surface area contributed by atoms with Crippen LogP contribution in [0.15, 0.2) is 0 Å². The number of aliphatic hydroxyl groups is 3. The molecule has 0 aromatic heterocycles. The minimum absolute atomic E-state index is 0.0134. The zero-order valence-electron chi connectivity index (χ0n) is 6.88. The molecule has 1 fully saturated rings. The summed E-state index contributed by atoms with van der Waals surface area (Å²) in [5.41, 5.74) is 0. The van der Waals surface area contributed by atoms with E-state index in [2.05, 4.69) is 0 Å². The summed E-state index contributed by atoms with van der Waals surface area (Å²) in [6, 6.07) is 0. The molecule has 0 spiro atoms. The maximum atomic E-state index is 9.37. The Bertz CT molecular complexity index is 138. The van der Waals surface area contributed by atoms with Crippen molar-refractivity contribution in [1.82, 2.24) is 0 Å². The first kappa shape index (κ1) is 9.88. The first-order valence-electron chi connectivity index (χ1n) is 3.87. The van der Waals surface area contributed by atoms with Crippen molar-refractivity contribution in [2.24, 2.45) is 0 Å². The van der Waals surface area contributed by atoms with E-state index in [1.807, 2.05) is 0 Å². The molecule has 0 aromatic rings. The van der Waals surface area contributed by atoms with Gasteiger partial charge in [-0.2, -0.15) is 0 Å². The highest BCUT2D eigenvalue weighted by Crippen LogP contribution is 2.14. The Morgan fingerprint density at radius 2 is 1.92 bits per heavy atom. The van der Waals surface area contributed by atoms with Crippen molar-refractivity contribution in [3.63, 3.8) is 0 Å². The van der Waals surface area contributed by atoms with E-state index in [1.54, 1.807) is 6.92 Å². The van der Waals surface area contributed by atoms with Crippen molar-refractivity contribution in [2.75, 3.05) is 13.4 Å². The van der Waals surface area contributed by atoms with Crippen LogP contribution in [0.4, 0.5) is 0 Å². The Balaban J connectivity index is 2.59. The first-order valence-corrected chi connectivity index (χ1v) is 3.87. The van der Waals surface area contributed by atoms with Gasteiger partial charge in [-0.1, -0.05) is 0 Å². The van der Waals surface area contributed by atoms with Gasteiger partial charge in [-0.25, -0.2) is 0 Å². The Hall–Kier alpha value is -0.200. The Labute approximate surface area is 70.5 Å². The lowest BCUT2D eigenvalue weighted by Crippen LogP contribution is -2.43. The molecular formula is C7H14O5. The number of rotatable bonds is 1. The molecule has 0 amide bonds. The number of aliphatic hydroxyl groups excluding tert-OH is 3. The molecular weight excluding hydrogens is 164 g/mol. The molecule has 4 unspecified atom stereocenters. The van der Waals surface area contributed by atoms with Gasteiger partial charge in [-0.15, -0.1) is 0 Å². The van der Waals surface area contributed by atoms with Crippen LogP contribution < -0.4 is 0 Å². The van der Waals surface area contributed by atoms with E-state index in [4.69, 9.17) is 14.6 Å². The van der Waals surface area contributed by atoms with Gasteiger partial charge in [0.2, 0.25) is 0 Å². The van der Waals surface area contributed by atoms with Crippen molar-refractivity contribution in [3.05, 3.63) is 0 Å². The van der Waals surface area contributed by atoms with Gasteiger partial charge < -0.3 is 24.8 Å². The van der Waals surface area contributed by atoms with E-state index in [0.717, 1.165) is 0 Å². The smallest absolute Gasteiger partial charge is 0.147 e. The fraction of sp³-hybridized carbons (Fsp3) is 1.00. The summed E-state index contributed by atoms with van der Waals surface area (Å²) >= 11 is 0. The topological polar surface area (TPSA) is 79.2 Å². The highest BCUT2D eigenvalue weighted by atomic mass is 16.7. The van der Waals surface area contributed by atoms with Gasteiger partial charge >= 0.3 is 0 Å². The van der Waals surface area contributed by atoms with Crippen molar-refractivity contribution < 1.29 is 24.8 Å². The predicted molar refractivity (Wildman–Crippen MR) is 39.4 cm³/mol. The third-order valence-electron chi connectivity index (χ3n) is 2.00. The van der Waals surface area contributed by atoms with Gasteiger partial charge in [-0.3, -0.25) is 0 Å². The third-order valence-corrected chi connectivity index (χ3v) is 2.00. The molecule has 5 heteroatoms. The second kappa shape index (κ2) is 4.15. The standard InChI is InChI=1S/C7H14O5/c1-4-6(9)7(10)5(2-8)12-3-11-4/h4-10H,2-3H2,1H3. The molecule has 0 radical (unpaired) electrons. The fourth-order valence-corrected chi connectivity index (χ4v) is 1.09. The van der Waals surface area contributed by atoms with Crippen molar-refractivity contribution in [1.29, 1.82) is 0 Å². The lowest BCUT2D eigenvalue weighted by atomic mass is 10.1. The van der Waals surface area contributed by atoms with Crippen LogP contribution in [0.3, 0.4) is 0 Å². The molecule has 1 aliphatic heterocycles. The van der Waals surface area contributed by atoms with Crippen LogP contribution in [0.2, 0.25) is 0 Å². The molecule has 0 aliphatic carbocycles. The lowest BCUT2D eigenvalue weighted by Gasteiger charge is -2.22. The molecule has 5 nitrogen and oxygen atoms in total. The zero-order chi connectivity index (χ0) is 9.14. The molecule has 1 heterocycles. The minimum Gasteiger partial charge on any atom is -0.394 e. The normalized spacial score (nSPS) is 44.0. The van der Waals surface area contributed by atoms with Crippen LogP contribution in [-0.4, -0.2) is 53.1 Å². The van der Waals surface area contributed by atoms with Gasteiger partial charge in [0.25, 0.3) is 0 Å². The molecule has 1 rings (SSSR count). The monoisotopic (exact) mass is 178 g/mol. The van der Waals surface area contributed by atoms with E-state index < -0.39 is 24.4 Å². The molecule has 3 N–H and O–H groups in total. The van der Waals surface area contributed by atoms with Crippen LogP contribution in [0, 0.1) is 0 Å². The molecule has 4 atom stereocenters. The maximum Gasteiger partial charge on any atom is 0.147 e. The van der Waals surface area contributed by atoms with E-state index in [-0.39, 0.29) is 13.4 Å². The van der Waals surface area contributed by atoms with Crippen LogP contribution in [0.5, 0.6) is 0 Å². The van der Waals surface area contributed by atoms with Gasteiger partial charge in [0.1, 0.15) is 25.1 Å². The first-order chi connectivity index (χ1) is 5.66. The third kappa shape index (κ3) is 1.94. The van der Waals surface area contributed by atoms with Gasteiger partial charge in [0.05, 0.1) is 12.7 Å². The average molecular weight is 178 g/mol. The maximum absolute atomic E-state index is 9.37.